The first-order valence-electron chi connectivity index (χ1n) is 5.42. The maximum Gasteiger partial charge on any atom is 0.151 e. The highest BCUT2D eigenvalue weighted by Gasteiger charge is 2.15. The molecule has 1 aliphatic heterocycles. The molecule has 0 aromatic carbocycles. The number of rotatable bonds is 2. The third kappa shape index (κ3) is 1.84. The summed E-state index contributed by atoms with van der Waals surface area (Å²) < 4.78 is 0. The van der Waals surface area contributed by atoms with Crippen LogP contribution in [0.25, 0.3) is 0 Å². The molecule has 82 valence electrons. The summed E-state index contributed by atoms with van der Waals surface area (Å²) in [5, 5.41) is 3.04. The number of anilines is 3. The van der Waals surface area contributed by atoms with E-state index in [1.165, 1.54) is 12.8 Å². The quantitative estimate of drug-likeness (QED) is 0.772. The van der Waals surface area contributed by atoms with E-state index in [1.807, 2.05) is 14.0 Å². The Morgan fingerprint density at radius 1 is 1.40 bits per heavy atom. The lowest BCUT2D eigenvalue weighted by Gasteiger charge is -2.19. The van der Waals surface area contributed by atoms with Gasteiger partial charge in [0.1, 0.15) is 5.82 Å². The van der Waals surface area contributed by atoms with Gasteiger partial charge in [0, 0.05) is 20.1 Å². The van der Waals surface area contributed by atoms with E-state index >= 15 is 0 Å². The van der Waals surface area contributed by atoms with Gasteiger partial charge in [0.2, 0.25) is 0 Å². The smallest absolute Gasteiger partial charge is 0.151 e. The number of nitrogen functional groups attached to an aromatic ring is 1. The third-order valence-corrected chi connectivity index (χ3v) is 2.92. The minimum atomic E-state index is 0.750. The summed E-state index contributed by atoms with van der Waals surface area (Å²) in [5.74, 6) is 1.83. The number of aryl methyl sites for hydroxylation is 1. The van der Waals surface area contributed by atoms with Crippen LogP contribution in [-0.2, 0) is 0 Å². The molecule has 1 aromatic rings. The summed E-state index contributed by atoms with van der Waals surface area (Å²) in [6.45, 7) is 4.25. The van der Waals surface area contributed by atoms with Crippen molar-refractivity contribution in [3.63, 3.8) is 0 Å². The number of nitrogens with zero attached hydrogens (tertiary/aromatic N) is 2. The molecule has 3 N–H and O–H groups in total. The molecule has 1 saturated heterocycles. The van der Waals surface area contributed by atoms with Crippen LogP contribution in [0.3, 0.4) is 0 Å². The van der Waals surface area contributed by atoms with Gasteiger partial charge in [-0.25, -0.2) is 4.98 Å². The minimum absolute atomic E-state index is 0.750. The molecule has 0 amide bonds. The summed E-state index contributed by atoms with van der Waals surface area (Å²) in [7, 11) is 1.85. The number of pyridine rings is 1. The Kier molecular flexibility index (Phi) is 2.66. The molecule has 0 bridgehead atoms. The monoisotopic (exact) mass is 206 g/mol. The minimum Gasteiger partial charge on any atom is -0.396 e. The van der Waals surface area contributed by atoms with Crippen LogP contribution in [0.15, 0.2) is 6.07 Å². The van der Waals surface area contributed by atoms with Crippen LogP contribution < -0.4 is 16.0 Å². The molecule has 0 unspecified atom stereocenters. The van der Waals surface area contributed by atoms with Crippen LogP contribution in [0.1, 0.15) is 18.4 Å². The van der Waals surface area contributed by atoms with Crippen LogP contribution in [0.4, 0.5) is 17.3 Å². The summed E-state index contributed by atoms with van der Waals surface area (Å²) in [6.07, 6.45) is 2.53. The van der Waals surface area contributed by atoms with Crippen LogP contribution in [0.5, 0.6) is 0 Å². The molecule has 0 saturated carbocycles. The second-order valence-electron chi connectivity index (χ2n) is 4.00. The normalized spacial score (nSPS) is 15.7. The Morgan fingerprint density at radius 3 is 2.67 bits per heavy atom. The highest BCUT2D eigenvalue weighted by molar-refractivity contribution is 5.69. The molecule has 2 heterocycles. The van der Waals surface area contributed by atoms with E-state index in [0.717, 1.165) is 36.0 Å². The highest BCUT2D eigenvalue weighted by atomic mass is 15.2. The Labute approximate surface area is 90.5 Å². The van der Waals surface area contributed by atoms with Crippen molar-refractivity contribution in [2.45, 2.75) is 19.8 Å². The summed E-state index contributed by atoms with van der Waals surface area (Å²) in [5.41, 5.74) is 7.76. The molecular weight excluding hydrogens is 188 g/mol. The van der Waals surface area contributed by atoms with Gasteiger partial charge in [-0.1, -0.05) is 0 Å². The average Bonchev–Trinajstić information content (AvgIpc) is 2.75. The Morgan fingerprint density at radius 2 is 2.07 bits per heavy atom. The van der Waals surface area contributed by atoms with Crippen molar-refractivity contribution in [3.8, 4) is 0 Å². The lowest BCUT2D eigenvalue weighted by molar-refractivity contribution is 0.937. The molecule has 2 rings (SSSR count). The molecule has 1 aromatic heterocycles. The number of nitrogens with one attached hydrogen (secondary N) is 1. The second kappa shape index (κ2) is 3.96. The van der Waals surface area contributed by atoms with E-state index < -0.39 is 0 Å². The van der Waals surface area contributed by atoms with Gasteiger partial charge in [0.05, 0.1) is 5.69 Å². The Balaban J connectivity index is 2.35. The zero-order valence-electron chi connectivity index (χ0n) is 9.38. The maximum absolute atomic E-state index is 5.92. The number of hydrogen-bond acceptors (Lipinski definition) is 4. The van der Waals surface area contributed by atoms with Crippen molar-refractivity contribution in [3.05, 3.63) is 11.6 Å². The average molecular weight is 206 g/mol. The van der Waals surface area contributed by atoms with Gasteiger partial charge in [-0.05, 0) is 31.4 Å². The van der Waals surface area contributed by atoms with Gasteiger partial charge in [-0.15, -0.1) is 0 Å². The molecular formula is C11H18N4. The molecule has 0 radical (unpaired) electrons. The molecule has 0 spiro atoms. The van der Waals surface area contributed by atoms with Crippen molar-refractivity contribution in [1.29, 1.82) is 0 Å². The lowest BCUT2D eigenvalue weighted by Crippen LogP contribution is -2.20. The van der Waals surface area contributed by atoms with Crippen molar-refractivity contribution in [2.24, 2.45) is 0 Å². The zero-order valence-corrected chi connectivity index (χ0v) is 9.38. The van der Waals surface area contributed by atoms with Gasteiger partial charge in [-0.2, -0.15) is 0 Å². The lowest BCUT2D eigenvalue weighted by atomic mass is 10.2. The summed E-state index contributed by atoms with van der Waals surface area (Å²) >= 11 is 0. The first kappa shape index (κ1) is 10.1. The highest BCUT2D eigenvalue weighted by Crippen LogP contribution is 2.26. The van der Waals surface area contributed by atoms with Crippen LogP contribution >= 0.6 is 0 Å². The largest absolute Gasteiger partial charge is 0.396 e. The summed E-state index contributed by atoms with van der Waals surface area (Å²) in [6, 6.07) is 2.07. The van der Waals surface area contributed by atoms with E-state index in [1.54, 1.807) is 0 Å². The zero-order chi connectivity index (χ0) is 10.8. The van der Waals surface area contributed by atoms with Crippen LogP contribution in [-0.4, -0.2) is 25.1 Å². The molecule has 0 aliphatic carbocycles. The second-order valence-corrected chi connectivity index (χ2v) is 4.00. The van der Waals surface area contributed by atoms with Crippen molar-refractivity contribution in [1.82, 2.24) is 4.98 Å². The fourth-order valence-corrected chi connectivity index (χ4v) is 1.96. The molecule has 4 nitrogen and oxygen atoms in total. The summed E-state index contributed by atoms with van der Waals surface area (Å²) in [4.78, 5) is 6.84. The maximum atomic E-state index is 5.92. The first-order chi connectivity index (χ1) is 7.22. The van der Waals surface area contributed by atoms with Gasteiger partial charge >= 0.3 is 0 Å². The third-order valence-electron chi connectivity index (χ3n) is 2.92. The van der Waals surface area contributed by atoms with E-state index in [4.69, 9.17) is 5.73 Å². The Hall–Kier alpha value is -1.45. The molecule has 0 atom stereocenters. The number of nitrogens with two attached hydrogens (primary N) is 1. The van der Waals surface area contributed by atoms with Gasteiger partial charge in [-0.3, -0.25) is 0 Å². The van der Waals surface area contributed by atoms with Crippen LogP contribution in [0.2, 0.25) is 0 Å². The topological polar surface area (TPSA) is 54.2 Å². The van der Waals surface area contributed by atoms with Gasteiger partial charge in [0.15, 0.2) is 5.82 Å². The van der Waals surface area contributed by atoms with E-state index in [0.29, 0.717) is 0 Å². The van der Waals surface area contributed by atoms with E-state index in [-0.39, 0.29) is 0 Å². The fraction of sp³-hybridized carbons (Fsp3) is 0.545. The Bertz CT molecular complexity index is 356. The van der Waals surface area contributed by atoms with Gasteiger partial charge < -0.3 is 16.0 Å². The van der Waals surface area contributed by atoms with Crippen molar-refractivity contribution >= 4 is 17.3 Å². The van der Waals surface area contributed by atoms with Crippen molar-refractivity contribution < 1.29 is 0 Å². The molecule has 4 heteroatoms. The standard InChI is InChI=1S/C11H18N4/c1-8-7-9(15-5-3-4-6-15)14-11(13-2)10(8)12/h7H,3-6,12H2,1-2H3,(H,13,14). The molecule has 1 aliphatic rings. The first-order valence-corrected chi connectivity index (χ1v) is 5.42. The van der Waals surface area contributed by atoms with E-state index in [2.05, 4.69) is 21.3 Å². The van der Waals surface area contributed by atoms with Crippen molar-refractivity contribution in [2.75, 3.05) is 36.1 Å². The SMILES string of the molecule is CNc1nc(N2CCCC2)cc(C)c1N. The van der Waals surface area contributed by atoms with Crippen LogP contribution in [0, 0.1) is 6.92 Å². The van der Waals surface area contributed by atoms with E-state index in [9.17, 15) is 0 Å². The van der Waals surface area contributed by atoms with Gasteiger partial charge in [0.25, 0.3) is 0 Å². The molecule has 1 fully saturated rings. The number of aromatic nitrogens is 1. The fourth-order valence-electron chi connectivity index (χ4n) is 1.96. The number of hydrogen-bond donors (Lipinski definition) is 2. The molecule has 15 heavy (non-hydrogen) atoms. The predicted octanol–water partition coefficient (Wildman–Crippen LogP) is 1.61. The predicted molar refractivity (Wildman–Crippen MR) is 64.4 cm³/mol.